The third-order valence-electron chi connectivity index (χ3n) is 3.63. The Morgan fingerprint density at radius 2 is 2.32 bits per heavy atom. The Balaban J connectivity index is 2.08. The number of likely N-dealkylation sites (tertiary alicyclic amines) is 1. The van der Waals surface area contributed by atoms with Crippen molar-refractivity contribution in [1.29, 1.82) is 0 Å². The van der Waals surface area contributed by atoms with Crippen LogP contribution in [0.25, 0.3) is 0 Å². The smallest absolute Gasteiger partial charge is 0.237 e. The van der Waals surface area contributed by atoms with Crippen LogP contribution in [0.5, 0.6) is 0 Å². The van der Waals surface area contributed by atoms with Gasteiger partial charge in [-0.1, -0.05) is 6.42 Å². The van der Waals surface area contributed by atoms with E-state index in [-0.39, 0.29) is 11.9 Å². The number of likely N-dealkylation sites (N-methyl/N-ethyl adjacent to an activating group) is 1. The molecule has 1 unspecified atom stereocenters. The molecule has 19 heavy (non-hydrogen) atoms. The summed E-state index contributed by atoms with van der Waals surface area (Å²) in [5.41, 5.74) is 2.06. The van der Waals surface area contributed by atoms with Crippen LogP contribution in [0.2, 0.25) is 0 Å². The van der Waals surface area contributed by atoms with Gasteiger partial charge < -0.3 is 10.6 Å². The van der Waals surface area contributed by atoms with E-state index in [9.17, 15) is 4.79 Å². The number of amides is 1. The minimum atomic E-state index is -0.0150. The molecule has 1 aromatic rings. The van der Waals surface area contributed by atoms with Crippen molar-refractivity contribution in [2.45, 2.75) is 31.8 Å². The molecule has 1 atom stereocenters. The van der Waals surface area contributed by atoms with Gasteiger partial charge in [0.15, 0.2) is 0 Å². The van der Waals surface area contributed by atoms with Crippen LogP contribution in [0, 0.1) is 0 Å². The molecular weight excluding hydrogens is 240 g/mol. The van der Waals surface area contributed by atoms with Gasteiger partial charge in [0.25, 0.3) is 0 Å². The van der Waals surface area contributed by atoms with Crippen molar-refractivity contribution < 1.29 is 4.79 Å². The first-order valence-corrected chi connectivity index (χ1v) is 6.83. The maximum absolute atomic E-state index is 11.9. The Labute approximate surface area is 114 Å². The van der Waals surface area contributed by atoms with Crippen LogP contribution in [-0.2, 0) is 11.3 Å². The topological polar surface area (TPSA) is 57.3 Å². The Morgan fingerprint density at radius 3 is 3.05 bits per heavy atom. The summed E-state index contributed by atoms with van der Waals surface area (Å²) in [6, 6.07) is 3.96. The highest BCUT2D eigenvalue weighted by Gasteiger charge is 2.28. The van der Waals surface area contributed by atoms with Gasteiger partial charge in [-0.2, -0.15) is 0 Å². The Bertz CT molecular complexity index is 435. The molecule has 5 nitrogen and oxygen atoms in total. The summed E-state index contributed by atoms with van der Waals surface area (Å²) < 4.78 is 0. The van der Waals surface area contributed by atoms with E-state index in [0.29, 0.717) is 0 Å². The zero-order chi connectivity index (χ0) is 13.7. The number of nitrogens with one attached hydrogen (secondary N) is 2. The van der Waals surface area contributed by atoms with Gasteiger partial charge in [0, 0.05) is 32.5 Å². The summed E-state index contributed by atoms with van der Waals surface area (Å²) in [7, 11) is 3.60. The zero-order valence-electron chi connectivity index (χ0n) is 11.6. The molecule has 1 aliphatic rings. The van der Waals surface area contributed by atoms with Crippen LogP contribution in [0.1, 0.15) is 25.0 Å². The molecule has 2 N–H and O–H groups in total. The molecule has 5 heteroatoms. The molecule has 1 aromatic heterocycles. The monoisotopic (exact) mass is 262 g/mol. The summed E-state index contributed by atoms with van der Waals surface area (Å²) in [4.78, 5) is 18.5. The predicted molar refractivity (Wildman–Crippen MR) is 75.9 cm³/mol. The van der Waals surface area contributed by atoms with Crippen molar-refractivity contribution in [2.24, 2.45) is 0 Å². The van der Waals surface area contributed by atoms with Crippen LogP contribution >= 0.6 is 0 Å². The lowest BCUT2D eigenvalue weighted by Gasteiger charge is -2.34. The molecule has 1 fully saturated rings. The standard InChI is InChI=1S/C14H22N4O/c1-15-11-6-7-17-12(9-11)10-18-8-4-3-5-13(18)14(19)16-2/h6-7,9,13H,3-5,8,10H2,1-2H3,(H,15,17)(H,16,19). The number of hydrogen-bond acceptors (Lipinski definition) is 4. The Hall–Kier alpha value is -1.62. The molecule has 1 saturated heterocycles. The van der Waals surface area contributed by atoms with Crippen molar-refractivity contribution in [2.75, 3.05) is 26.0 Å². The second kappa shape index (κ2) is 6.52. The number of hydrogen-bond donors (Lipinski definition) is 2. The van der Waals surface area contributed by atoms with Crippen LogP contribution in [0.15, 0.2) is 18.3 Å². The van der Waals surface area contributed by atoms with E-state index in [1.54, 1.807) is 13.2 Å². The van der Waals surface area contributed by atoms with Crippen molar-refractivity contribution in [3.63, 3.8) is 0 Å². The first-order valence-electron chi connectivity index (χ1n) is 6.83. The molecule has 0 aliphatic carbocycles. The van der Waals surface area contributed by atoms with Gasteiger partial charge in [-0.3, -0.25) is 14.7 Å². The average molecular weight is 262 g/mol. The zero-order valence-corrected chi connectivity index (χ0v) is 11.6. The molecule has 2 heterocycles. The minimum Gasteiger partial charge on any atom is -0.388 e. The normalized spacial score (nSPS) is 20.0. The molecule has 0 aromatic carbocycles. The molecule has 1 aliphatic heterocycles. The predicted octanol–water partition coefficient (Wildman–Crippen LogP) is 1.22. The van der Waals surface area contributed by atoms with Crippen LogP contribution in [0.3, 0.4) is 0 Å². The van der Waals surface area contributed by atoms with Gasteiger partial charge >= 0.3 is 0 Å². The number of carbonyl (C=O) groups excluding carboxylic acids is 1. The van der Waals surface area contributed by atoms with E-state index in [1.165, 1.54) is 0 Å². The fourth-order valence-electron chi connectivity index (χ4n) is 2.57. The number of carbonyl (C=O) groups is 1. The first kappa shape index (κ1) is 13.8. The summed E-state index contributed by atoms with van der Waals surface area (Å²) in [6.07, 6.45) is 5.02. The Morgan fingerprint density at radius 1 is 1.47 bits per heavy atom. The van der Waals surface area contributed by atoms with E-state index >= 15 is 0 Å². The fraction of sp³-hybridized carbons (Fsp3) is 0.571. The van der Waals surface area contributed by atoms with Gasteiger partial charge in [-0.25, -0.2) is 0 Å². The summed E-state index contributed by atoms with van der Waals surface area (Å²) >= 11 is 0. The molecule has 104 valence electrons. The van der Waals surface area contributed by atoms with Gasteiger partial charge in [-0.05, 0) is 31.5 Å². The third kappa shape index (κ3) is 3.44. The number of pyridine rings is 1. The summed E-state index contributed by atoms with van der Waals surface area (Å²) in [5.74, 6) is 0.115. The lowest BCUT2D eigenvalue weighted by Crippen LogP contribution is -2.48. The molecule has 2 rings (SSSR count). The van der Waals surface area contributed by atoms with Crippen LogP contribution < -0.4 is 10.6 Å². The first-order chi connectivity index (χ1) is 9.24. The van der Waals surface area contributed by atoms with Gasteiger partial charge in [0.05, 0.1) is 11.7 Å². The van der Waals surface area contributed by atoms with Crippen molar-refractivity contribution in [3.05, 3.63) is 24.0 Å². The number of aromatic nitrogens is 1. The molecule has 1 amide bonds. The van der Waals surface area contributed by atoms with Crippen molar-refractivity contribution in [3.8, 4) is 0 Å². The number of piperidine rings is 1. The summed E-state index contributed by atoms with van der Waals surface area (Å²) in [6.45, 7) is 1.69. The summed E-state index contributed by atoms with van der Waals surface area (Å²) in [5, 5.41) is 5.87. The number of anilines is 1. The second-order valence-corrected chi connectivity index (χ2v) is 4.88. The fourth-order valence-corrected chi connectivity index (χ4v) is 2.57. The third-order valence-corrected chi connectivity index (χ3v) is 3.63. The molecule has 0 bridgehead atoms. The Kier molecular flexibility index (Phi) is 4.74. The molecule has 0 spiro atoms. The number of nitrogens with zero attached hydrogens (tertiary/aromatic N) is 2. The van der Waals surface area contributed by atoms with Crippen molar-refractivity contribution >= 4 is 11.6 Å². The SMILES string of the molecule is CNC(=O)C1CCCCN1Cc1cc(NC)ccn1. The van der Waals surface area contributed by atoms with E-state index in [1.807, 2.05) is 19.2 Å². The van der Waals surface area contributed by atoms with Crippen LogP contribution in [-0.4, -0.2) is 42.5 Å². The van der Waals surface area contributed by atoms with Gasteiger partial charge in [0.2, 0.25) is 5.91 Å². The molecular formula is C14H22N4O. The largest absolute Gasteiger partial charge is 0.388 e. The lowest BCUT2D eigenvalue weighted by molar-refractivity contribution is -0.127. The van der Waals surface area contributed by atoms with Gasteiger partial charge in [-0.15, -0.1) is 0 Å². The highest BCUT2D eigenvalue weighted by molar-refractivity contribution is 5.81. The maximum Gasteiger partial charge on any atom is 0.237 e. The highest BCUT2D eigenvalue weighted by atomic mass is 16.2. The minimum absolute atomic E-state index is 0.0150. The van der Waals surface area contributed by atoms with E-state index in [2.05, 4.69) is 20.5 Å². The quantitative estimate of drug-likeness (QED) is 0.857. The van der Waals surface area contributed by atoms with E-state index < -0.39 is 0 Å². The lowest BCUT2D eigenvalue weighted by atomic mass is 10.0. The second-order valence-electron chi connectivity index (χ2n) is 4.88. The van der Waals surface area contributed by atoms with Gasteiger partial charge in [0.1, 0.15) is 0 Å². The van der Waals surface area contributed by atoms with Crippen molar-refractivity contribution in [1.82, 2.24) is 15.2 Å². The maximum atomic E-state index is 11.9. The van der Waals surface area contributed by atoms with E-state index in [4.69, 9.17) is 0 Å². The number of rotatable bonds is 4. The van der Waals surface area contributed by atoms with E-state index in [0.717, 1.165) is 43.7 Å². The molecule has 0 saturated carbocycles. The average Bonchev–Trinajstić information content (AvgIpc) is 2.47. The molecule has 0 radical (unpaired) electrons. The highest BCUT2D eigenvalue weighted by Crippen LogP contribution is 2.20. The van der Waals surface area contributed by atoms with Crippen LogP contribution in [0.4, 0.5) is 5.69 Å².